The summed E-state index contributed by atoms with van der Waals surface area (Å²) in [7, 11) is 1.92. The van der Waals surface area contributed by atoms with Gasteiger partial charge in [0.2, 0.25) is 0 Å². The number of nitrogens with two attached hydrogens (primary N) is 1. The van der Waals surface area contributed by atoms with Crippen LogP contribution in [0.15, 0.2) is 58.8 Å². The van der Waals surface area contributed by atoms with Gasteiger partial charge in [-0.25, -0.2) is 14.3 Å². The van der Waals surface area contributed by atoms with Crippen molar-refractivity contribution in [2.75, 3.05) is 6.54 Å². The van der Waals surface area contributed by atoms with Crippen molar-refractivity contribution in [1.82, 2.24) is 29.0 Å². The Morgan fingerprint density at radius 1 is 1.34 bits per heavy atom. The minimum Gasteiger partial charge on any atom is -0.405 e. The van der Waals surface area contributed by atoms with Crippen molar-refractivity contribution in [3.05, 3.63) is 71.6 Å². The van der Waals surface area contributed by atoms with Gasteiger partial charge in [-0.15, -0.1) is 0 Å². The summed E-state index contributed by atoms with van der Waals surface area (Å²) < 4.78 is 6.27. The topological polar surface area (TPSA) is 106 Å². The predicted molar refractivity (Wildman–Crippen MR) is 126 cm³/mol. The van der Waals surface area contributed by atoms with Gasteiger partial charge in [-0.3, -0.25) is 9.48 Å². The second kappa shape index (κ2) is 9.84. The van der Waals surface area contributed by atoms with Crippen LogP contribution in [-0.2, 0) is 26.7 Å². The van der Waals surface area contributed by atoms with E-state index in [9.17, 15) is 4.79 Å². The summed E-state index contributed by atoms with van der Waals surface area (Å²) in [6.07, 6.45) is 8.11. The van der Waals surface area contributed by atoms with Crippen LogP contribution in [0.4, 0.5) is 5.82 Å². The van der Waals surface area contributed by atoms with Crippen LogP contribution in [-0.4, -0.2) is 42.3 Å². The van der Waals surface area contributed by atoms with Crippen molar-refractivity contribution in [3.63, 3.8) is 0 Å². The van der Waals surface area contributed by atoms with Crippen molar-refractivity contribution in [1.29, 1.82) is 0 Å². The number of amides is 1. The van der Waals surface area contributed by atoms with Crippen LogP contribution in [0.5, 0.6) is 0 Å². The van der Waals surface area contributed by atoms with Gasteiger partial charge >= 0.3 is 0 Å². The molecule has 0 fully saturated rings. The first kappa shape index (κ1) is 21.8. The fraction of sp³-hybridized carbons (Fsp3) is 0.273. The van der Waals surface area contributed by atoms with Gasteiger partial charge in [0.25, 0.3) is 5.91 Å². The zero-order valence-electron chi connectivity index (χ0n) is 18.1. The first-order chi connectivity index (χ1) is 15.6. The first-order valence-electron chi connectivity index (χ1n) is 10.3. The summed E-state index contributed by atoms with van der Waals surface area (Å²) >= 11 is 1.68. The maximum Gasteiger partial charge on any atom is 0.268 e. The van der Waals surface area contributed by atoms with Crippen LogP contribution in [0, 0.1) is 6.92 Å². The SMILES string of the molecule is Cc1c(SN2CCn3nccc3C2)cc(C(=O)NCc2cccnc2/N=C/C=C\N)n1C. The van der Waals surface area contributed by atoms with Crippen LogP contribution in [0.3, 0.4) is 0 Å². The third kappa shape index (κ3) is 4.76. The molecule has 32 heavy (non-hydrogen) atoms. The van der Waals surface area contributed by atoms with Crippen molar-refractivity contribution >= 4 is 29.9 Å². The lowest BCUT2D eigenvalue weighted by Crippen LogP contribution is -2.28. The number of nitrogens with one attached hydrogen (secondary N) is 1. The maximum absolute atomic E-state index is 12.9. The highest BCUT2D eigenvalue weighted by Gasteiger charge is 2.21. The molecule has 1 amide bonds. The fourth-order valence-electron chi connectivity index (χ4n) is 3.47. The number of hydrogen-bond acceptors (Lipinski definition) is 7. The smallest absolute Gasteiger partial charge is 0.268 e. The number of allylic oxidation sites excluding steroid dienone is 1. The number of nitrogens with zero attached hydrogens (tertiary/aromatic N) is 6. The number of rotatable bonds is 7. The number of aliphatic imine (C=N–C) groups is 1. The average Bonchev–Trinajstić information content (AvgIpc) is 3.38. The molecule has 1 aliphatic heterocycles. The molecule has 166 valence electrons. The molecule has 0 unspecified atom stereocenters. The quantitative estimate of drug-likeness (QED) is 0.423. The molecule has 0 bridgehead atoms. The maximum atomic E-state index is 12.9. The highest BCUT2D eigenvalue weighted by molar-refractivity contribution is 7.97. The molecule has 0 saturated heterocycles. The van der Waals surface area contributed by atoms with Crippen LogP contribution in [0.25, 0.3) is 0 Å². The van der Waals surface area contributed by atoms with Crippen molar-refractivity contribution in [2.45, 2.75) is 31.5 Å². The molecule has 0 spiro atoms. The molecule has 9 nitrogen and oxygen atoms in total. The van der Waals surface area contributed by atoms with Gasteiger partial charge in [-0.05, 0) is 49.3 Å². The van der Waals surface area contributed by atoms with Gasteiger partial charge in [0, 0.05) is 54.9 Å². The Kier molecular flexibility index (Phi) is 6.72. The lowest BCUT2D eigenvalue weighted by molar-refractivity contribution is 0.0942. The van der Waals surface area contributed by atoms with Crippen LogP contribution in [0.2, 0.25) is 0 Å². The Morgan fingerprint density at radius 3 is 3.06 bits per heavy atom. The van der Waals surface area contributed by atoms with E-state index in [1.54, 1.807) is 30.4 Å². The molecular weight excluding hydrogens is 424 g/mol. The largest absolute Gasteiger partial charge is 0.405 e. The van der Waals surface area contributed by atoms with Gasteiger partial charge in [-0.2, -0.15) is 5.10 Å². The minimum atomic E-state index is -0.139. The standard InChI is InChI=1S/C22H26N8OS/c1-16-20(32-29-11-12-30-18(15-29)6-10-27-30)13-19(28(16)2)22(31)26-14-17-5-3-8-24-21(17)25-9-4-7-23/h3-10,13H,11-12,14-15,23H2,1-2H3,(H,26,31)/b7-4-,25-9+. The summed E-state index contributed by atoms with van der Waals surface area (Å²) in [5.74, 6) is 0.411. The van der Waals surface area contributed by atoms with E-state index < -0.39 is 0 Å². The Morgan fingerprint density at radius 2 is 2.22 bits per heavy atom. The Hall–Kier alpha value is -3.37. The molecule has 3 aromatic heterocycles. The third-order valence-electron chi connectivity index (χ3n) is 5.35. The van der Waals surface area contributed by atoms with E-state index in [0.717, 1.165) is 35.8 Å². The van der Waals surface area contributed by atoms with E-state index in [4.69, 9.17) is 5.73 Å². The first-order valence-corrected chi connectivity index (χ1v) is 11.1. The van der Waals surface area contributed by atoms with E-state index in [0.29, 0.717) is 18.1 Å². The molecule has 4 rings (SSSR count). The van der Waals surface area contributed by atoms with Gasteiger partial charge in [-0.1, -0.05) is 6.07 Å². The van der Waals surface area contributed by atoms with Crippen LogP contribution < -0.4 is 11.1 Å². The molecule has 0 radical (unpaired) electrons. The number of hydrogen-bond donors (Lipinski definition) is 2. The number of aromatic nitrogens is 4. The zero-order chi connectivity index (χ0) is 22.5. The Bertz CT molecular complexity index is 1160. The third-order valence-corrected chi connectivity index (χ3v) is 6.53. The lowest BCUT2D eigenvalue weighted by Gasteiger charge is -2.26. The number of fused-ring (bicyclic) bond motifs is 1. The van der Waals surface area contributed by atoms with Crippen LogP contribution in [0.1, 0.15) is 27.4 Å². The van der Waals surface area contributed by atoms with E-state index in [1.165, 1.54) is 11.9 Å². The van der Waals surface area contributed by atoms with E-state index in [-0.39, 0.29) is 5.91 Å². The molecule has 4 heterocycles. The molecule has 3 aromatic rings. The van der Waals surface area contributed by atoms with Crippen LogP contribution >= 0.6 is 11.9 Å². The van der Waals surface area contributed by atoms with Crippen molar-refractivity contribution in [3.8, 4) is 0 Å². The summed E-state index contributed by atoms with van der Waals surface area (Å²) in [4.78, 5) is 22.6. The van der Waals surface area contributed by atoms with Gasteiger partial charge in [0.15, 0.2) is 5.82 Å². The lowest BCUT2D eigenvalue weighted by atomic mass is 10.2. The molecule has 1 aliphatic rings. The fourth-order valence-corrected chi connectivity index (χ4v) is 4.56. The molecule has 10 heteroatoms. The number of pyridine rings is 1. The molecule has 0 atom stereocenters. The van der Waals surface area contributed by atoms with Gasteiger partial charge < -0.3 is 15.6 Å². The molecular formula is C22H26N8OS. The molecule has 0 aromatic carbocycles. The summed E-state index contributed by atoms with van der Waals surface area (Å²) in [6.45, 7) is 4.95. The monoisotopic (exact) mass is 450 g/mol. The highest BCUT2D eigenvalue weighted by Crippen LogP contribution is 2.31. The second-order valence-electron chi connectivity index (χ2n) is 7.37. The Balaban J connectivity index is 1.43. The van der Waals surface area contributed by atoms with Gasteiger partial charge in [0.05, 0.1) is 18.8 Å². The summed E-state index contributed by atoms with van der Waals surface area (Å²) in [6, 6.07) is 7.72. The predicted octanol–water partition coefficient (Wildman–Crippen LogP) is 2.55. The number of carbonyl (C=O) groups is 1. The summed E-state index contributed by atoms with van der Waals surface area (Å²) in [5, 5.41) is 7.32. The average molecular weight is 451 g/mol. The second-order valence-corrected chi connectivity index (χ2v) is 8.51. The summed E-state index contributed by atoms with van der Waals surface area (Å²) in [5.41, 5.74) is 9.04. The van der Waals surface area contributed by atoms with E-state index in [2.05, 4.69) is 24.7 Å². The molecule has 0 aliphatic carbocycles. The zero-order valence-corrected chi connectivity index (χ0v) is 18.9. The number of carbonyl (C=O) groups excluding carboxylic acids is 1. The molecule has 3 N–H and O–H groups in total. The normalized spacial score (nSPS) is 14.3. The van der Waals surface area contributed by atoms with Crippen molar-refractivity contribution < 1.29 is 4.79 Å². The molecule has 0 saturated carbocycles. The highest BCUT2D eigenvalue weighted by atomic mass is 32.2. The van der Waals surface area contributed by atoms with Gasteiger partial charge in [0.1, 0.15) is 5.69 Å². The van der Waals surface area contributed by atoms with E-state index in [1.807, 2.05) is 53.7 Å². The Labute approximate surface area is 191 Å². The minimum absolute atomic E-state index is 0.139. The van der Waals surface area contributed by atoms with E-state index >= 15 is 0 Å². The van der Waals surface area contributed by atoms with Crippen molar-refractivity contribution in [2.24, 2.45) is 17.8 Å².